The molecule has 10 nitrogen and oxygen atoms in total. The Balaban J connectivity index is 1.13. The Morgan fingerprint density at radius 3 is 1.26 bits per heavy atom. The minimum Gasteiger partial charge on any atom is -0.464 e. The molecular weight excluding hydrogens is 765 g/mol. The molecular formula is C51H40N4O6. The SMILES string of the molecule is OCC1[C@@H](O)C(O)C2[C@@H](Oc3ccc(-c4c5nc(c(-c6ccccc6)c6ccc([nH]6)c(-c6ccccc6)c6nc(c(-c7ccccc7)c7ccc4[nH]7)C=C6)C=C5)cc3)OC21O. The molecule has 300 valence electrons. The Bertz CT molecular complexity index is 3000. The number of H-pyrrole nitrogens is 2. The second-order valence-electron chi connectivity index (χ2n) is 15.8. The molecule has 0 amide bonds. The first kappa shape index (κ1) is 37.1. The zero-order valence-electron chi connectivity index (χ0n) is 32.7. The van der Waals surface area contributed by atoms with Gasteiger partial charge in [0, 0.05) is 44.3 Å². The fraction of sp³-hybridized carbons (Fsp3) is 0.137. The van der Waals surface area contributed by atoms with Crippen LogP contribution < -0.4 is 4.74 Å². The zero-order valence-corrected chi connectivity index (χ0v) is 32.7. The van der Waals surface area contributed by atoms with Gasteiger partial charge in [-0.15, -0.1) is 0 Å². The molecule has 4 aliphatic rings. The maximum atomic E-state index is 11.0. The van der Waals surface area contributed by atoms with Crippen LogP contribution in [-0.2, 0) is 4.74 Å². The lowest BCUT2D eigenvalue weighted by molar-refractivity contribution is -0.422. The van der Waals surface area contributed by atoms with E-state index >= 15 is 0 Å². The van der Waals surface area contributed by atoms with Crippen LogP contribution in [0.1, 0.15) is 22.8 Å². The summed E-state index contributed by atoms with van der Waals surface area (Å²) in [5.74, 6) is -3.40. The van der Waals surface area contributed by atoms with Gasteiger partial charge in [-0.1, -0.05) is 103 Å². The van der Waals surface area contributed by atoms with Crippen LogP contribution in [0.15, 0.2) is 140 Å². The molecule has 6 atom stereocenters. The van der Waals surface area contributed by atoms with Crippen molar-refractivity contribution < 1.29 is 29.9 Å². The van der Waals surface area contributed by atoms with Gasteiger partial charge in [-0.3, -0.25) is 0 Å². The molecule has 4 aromatic carbocycles. The topological polar surface area (TPSA) is 157 Å². The van der Waals surface area contributed by atoms with Crippen LogP contribution in [0.3, 0.4) is 0 Å². The van der Waals surface area contributed by atoms with E-state index in [-0.39, 0.29) is 0 Å². The number of rotatable bonds is 7. The largest absolute Gasteiger partial charge is 0.464 e. The van der Waals surface area contributed by atoms with Gasteiger partial charge in [0.2, 0.25) is 6.29 Å². The van der Waals surface area contributed by atoms with E-state index in [1.165, 1.54) is 0 Å². The lowest BCUT2D eigenvalue weighted by Gasteiger charge is -2.49. The van der Waals surface area contributed by atoms with Crippen molar-refractivity contribution >= 4 is 46.4 Å². The zero-order chi connectivity index (χ0) is 41.2. The molecule has 0 spiro atoms. The molecule has 3 aromatic heterocycles. The van der Waals surface area contributed by atoms with E-state index in [0.717, 1.165) is 89.4 Å². The number of aliphatic hydroxyl groups excluding tert-OH is 3. The first-order valence-electron chi connectivity index (χ1n) is 20.3. The van der Waals surface area contributed by atoms with Gasteiger partial charge >= 0.3 is 0 Å². The minimum atomic E-state index is -1.88. The highest BCUT2D eigenvalue weighted by Crippen LogP contribution is 2.53. The molecule has 10 heteroatoms. The molecule has 0 radical (unpaired) electrons. The van der Waals surface area contributed by atoms with Crippen LogP contribution in [0.4, 0.5) is 0 Å². The van der Waals surface area contributed by atoms with Crippen molar-refractivity contribution in [2.24, 2.45) is 11.8 Å². The standard InChI is InChI=1S/C51H40N4O6/c56-28-34-48(57)49(58)47-50(61-51(34,47)59)60-33-18-16-32(17-19-33)46-41-26-24-39(54-41)44(30-12-6-2-7-13-30)37-22-20-35(52-37)43(29-10-4-1-5-11-29)36-21-23-38(53-36)45(31-14-8-3-9-15-31)40-25-27-42(46)55-40/h1-27,34,47-50,52,55-59H,28H2/t34?,47?,48-,49?,50+,51?/m1/s1. The predicted molar refractivity (Wildman–Crippen MR) is 237 cm³/mol. The van der Waals surface area contributed by atoms with Crippen molar-refractivity contribution in [3.63, 3.8) is 0 Å². The number of hydrogen-bond donors (Lipinski definition) is 6. The Hall–Kier alpha value is -6.92. The minimum absolute atomic E-state index is 0.439. The summed E-state index contributed by atoms with van der Waals surface area (Å²) in [6.45, 7) is -0.539. The van der Waals surface area contributed by atoms with E-state index in [0.29, 0.717) is 5.75 Å². The van der Waals surface area contributed by atoms with E-state index < -0.39 is 42.7 Å². The molecule has 2 fully saturated rings. The molecule has 61 heavy (non-hydrogen) atoms. The molecule has 6 heterocycles. The van der Waals surface area contributed by atoms with E-state index in [9.17, 15) is 20.4 Å². The average molecular weight is 805 g/mol. The molecule has 4 unspecified atom stereocenters. The van der Waals surface area contributed by atoms with Crippen LogP contribution in [-0.4, -0.2) is 71.3 Å². The number of benzene rings is 4. The highest BCUT2D eigenvalue weighted by Gasteiger charge is 2.71. The van der Waals surface area contributed by atoms with Gasteiger partial charge in [-0.25, -0.2) is 9.97 Å². The lowest BCUT2D eigenvalue weighted by Crippen LogP contribution is -2.64. The monoisotopic (exact) mass is 804 g/mol. The Kier molecular flexibility index (Phi) is 8.92. The summed E-state index contributed by atoms with van der Waals surface area (Å²) in [5.41, 5.74) is 14.5. The van der Waals surface area contributed by atoms with Crippen molar-refractivity contribution in [2.75, 3.05) is 6.61 Å². The lowest BCUT2D eigenvalue weighted by atomic mass is 9.89. The number of ether oxygens (including phenoxy) is 2. The van der Waals surface area contributed by atoms with Gasteiger partial charge in [0.1, 0.15) is 11.7 Å². The molecule has 1 saturated heterocycles. The van der Waals surface area contributed by atoms with Gasteiger partial charge in [0.25, 0.3) is 0 Å². The molecule has 6 N–H and O–H groups in total. The number of aromatic amines is 2. The molecule has 1 aliphatic carbocycles. The predicted octanol–water partition coefficient (Wildman–Crippen LogP) is 8.71. The number of aromatic nitrogens is 4. The fourth-order valence-electron chi connectivity index (χ4n) is 9.30. The van der Waals surface area contributed by atoms with Crippen molar-refractivity contribution in [1.82, 2.24) is 19.9 Å². The van der Waals surface area contributed by atoms with Crippen LogP contribution >= 0.6 is 0 Å². The molecule has 11 rings (SSSR count). The van der Waals surface area contributed by atoms with E-state index in [4.69, 9.17) is 19.4 Å². The van der Waals surface area contributed by atoms with Gasteiger partial charge in [-0.05, 0) is 83.0 Å². The second kappa shape index (κ2) is 14.7. The Morgan fingerprint density at radius 2 is 0.885 bits per heavy atom. The smallest absolute Gasteiger partial charge is 0.213 e. The van der Waals surface area contributed by atoms with Crippen molar-refractivity contribution in [2.45, 2.75) is 24.3 Å². The van der Waals surface area contributed by atoms with Crippen molar-refractivity contribution in [3.05, 3.63) is 162 Å². The summed E-state index contributed by atoms with van der Waals surface area (Å²) in [5, 5.41) is 41.9. The molecule has 7 aromatic rings. The maximum absolute atomic E-state index is 11.0. The van der Waals surface area contributed by atoms with Crippen molar-refractivity contribution in [3.8, 4) is 50.3 Å². The first-order valence-corrected chi connectivity index (χ1v) is 20.3. The number of nitrogens with zero attached hydrogens (tertiary/aromatic N) is 2. The van der Waals surface area contributed by atoms with E-state index in [1.807, 2.05) is 72.8 Å². The number of fused-ring (bicyclic) bond motifs is 9. The van der Waals surface area contributed by atoms with E-state index in [1.54, 1.807) is 12.1 Å². The molecule has 3 aliphatic heterocycles. The summed E-state index contributed by atoms with van der Waals surface area (Å²) in [6.07, 6.45) is 4.59. The third-order valence-corrected chi connectivity index (χ3v) is 12.3. The summed E-state index contributed by atoms with van der Waals surface area (Å²) in [7, 11) is 0. The summed E-state index contributed by atoms with van der Waals surface area (Å²) >= 11 is 0. The maximum Gasteiger partial charge on any atom is 0.213 e. The summed E-state index contributed by atoms with van der Waals surface area (Å²) < 4.78 is 11.8. The van der Waals surface area contributed by atoms with Gasteiger partial charge in [-0.2, -0.15) is 0 Å². The molecule has 1 saturated carbocycles. The molecule has 8 bridgehead atoms. The second-order valence-corrected chi connectivity index (χ2v) is 15.8. The van der Waals surface area contributed by atoms with E-state index in [2.05, 4.69) is 88.9 Å². The van der Waals surface area contributed by atoms with Crippen LogP contribution in [0, 0.1) is 11.8 Å². The highest BCUT2D eigenvalue weighted by molar-refractivity contribution is 5.99. The van der Waals surface area contributed by atoms with Crippen LogP contribution in [0.25, 0.3) is 90.9 Å². The average Bonchev–Trinajstić information content (AvgIpc) is 4.14. The van der Waals surface area contributed by atoms with Gasteiger partial charge < -0.3 is 39.9 Å². The van der Waals surface area contributed by atoms with Crippen LogP contribution in [0.2, 0.25) is 0 Å². The third-order valence-electron chi connectivity index (χ3n) is 12.3. The van der Waals surface area contributed by atoms with Crippen molar-refractivity contribution in [1.29, 1.82) is 0 Å². The van der Waals surface area contributed by atoms with Crippen LogP contribution in [0.5, 0.6) is 5.75 Å². The Labute approximate surface area is 350 Å². The Morgan fingerprint density at radius 1 is 0.508 bits per heavy atom. The highest BCUT2D eigenvalue weighted by atomic mass is 16.8. The fourth-order valence-corrected chi connectivity index (χ4v) is 9.30. The summed E-state index contributed by atoms with van der Waals surface area (Å²) in [6, 6.07) is 46.7. The number of hydrogen-bond acceptors (Lipinski definition) is 8. The first-order chi connectivity index (χ1) is 29.9. The normalized spacial score (nSPS) is 22.5. The number of aliphatic hydroxyl groups is 4. The van der Waals surface area contributed by atoms with Gasteiger partial charge in [0.05, 0.1) is 47.5 Å². The van der Waals surface area contributed by atoms with Gasteiger partial charge in [0.15, 0.2) is 5.79 Å². The summed E-state index contributed by atoms with van der Waals surface area (Å²) in [4.78, 5) is 18.3. The third kappa shape index (κ3) is 6.15. The number of nitrogens with one attached hydrogen (secondary N) is 2. The quantitative estimate of drug-likeness (QED) is 0.0935.